The van der Waals surface area contributed by atoms with Gasteiger partial charge in [-0.25, -0.2) is 13.6 Å². The highest BCUT2D eigenvalue weighted by molar-refractivity contribution is 7.78. The van der Waals surface area contributed by atoms with Crippen molar-refractivity contribution in [3.8, 4) is 16.9 Å². The molecule has 3 aromatic rings. The molecule has 1 N–H and O–H groups in total. The maximum absolute atomic E-state index is 13.5. The van der Waals surface area contributed by atoms with Crippen molar-refractivity contribution < 1.29 is 13.2 Å². The monoisotopic (exact) mass is 351 g/mol. The van der Waals surface area contributed by atoms with Gasteiger partial charge in [0.15, 0.2) is 16.2 Å². The van der Waals surface area contributed by atoms with Gasteiger partial charge in [0, 0.05) is 5.56 Å². The third kappa shape index (κ3) is 3.47. The second-order valence-corrected chi connectivity index (χ2v) is 6.03. The SMILES string of the molecule is O=S(O)Cc1ccc(-n2cnc(Cl)c2-c2cccc(F)c2)cn1. The summed E-state index contributed by atoms with van der Waals surface area (Å²) in [6.07, 6.45) is 3.06. The van der Waals surface area contributed by atoms with Crippen LogP contribution in [0.5, 0.6) is 0 Å². The maximum atomic E-state index is 13.5. The Morgan fingerprint density at radius 3 is 2.74 bits per heavy atom. The number of benzene rings is 1. The van der Waals surface area contributed by atoms with Crippen molar-refractivity contribution in [2.75, 3.05) is 0 Å². The Bertz CT molecular complexity index is 867. The predicted octanol–water partition coefficient (Wildman–Crippen LogP) is 3.45. The number of halogens is 2. The van der Waals surface area contributed by atoms with Gasteiger partial charge in [0.1, 0.15) is 12.1 Å². The minimum Gasteiger partial charge on any atom is -0.306 e. The number of hydrogen-bond donors (Lipinski definition) is 1. The zero-order valence-corrected chi connectivity index (χ0v) is 13.3. The van der Waals surface area contributed by atoms with Gasteiger partial charge in [-0.05, 0) is 24.3 Å². The highest BCUT2D eigenvalue weighted by Gasteiger charge is 2.14. The first-order valence-corrected chi connectivity index (χ1v) is 8.21. The fraction of sp³-hybridized carbons (Fsp3) is 0.0667. The average Bonchev–Trinajstić information content (AvgIpc) is 2.89. The van der Waals surface area contributed by atoms with E-state index in [1.54, 1.807) is 35.0 Å². The summed E-state index contributed by atoms with van der Waals surface area (Å²) in [5.74, 6) is -0.410. The van der Waals surface area contributed by atoms with Crippen LogP contribution >= 0.6 is 11.6 Å². The first-order chi connectivity index (χ1) is 11.0. The van der Waals surface area contributed by atoms with Crippen LogP contribution in [0.15, 0.2) is 48.9 Å². The molecule has 3 rings (SSSR count). The topological polar surface area (TPSA) is 68.0 Å². The van der Waals surface area contributed by atoms with Crippen molar-refractivity contribution >= 4 is 22.7 Å². The zero-order chi connectivity index (χ0) is 16.4. The first kappa shape index (κ1) is 15.8. The third-order valence-electron chi connectivity index (χ3n) is 3.18. The van der Waals surface area contributed by atoms with Crippen LogP contribution in [0.2, 0.25) is 5.15 Å². The molecule has 1 unspecified atom stereocenters. The molecule has 1 aromatic carbocycles. The van der Waals surface area contributed by atoms with Crippen molar-refractivity contribution in [1.82, 2.24) is 14.5 Å². The summed E-state index contributed by atoms with van der Waals surface area (Å²) in [4.78, 5) is 8.20. The molecule has 2 heterocycles. The summed E-state index contributed by atoms with van der Waals surface area (Å²) in [6.45, 7) is 0. The van der Waals surface area contributed by atoms with E-state index in [0.717, 1.165) is 0 Å². The predicted molar refractivity (Wildman–Crippen MR) is 86.2 cm³/mol. The number of hydrogen-bond acceptors (Lipinski definition) is 3. The molecule has 0 bridgehead atoms. The van der Waals surface area contributed by atoms with Gasteiger partial charge < -0.3 is 4.55 Å². The second-order valence-electron chi connectivity index (χ2n) is 4.74. The lowest BCUT2D eigenvalue weighted by Crippen LogP contribution is -2.00. The fourth-order valence-corrected chi connectivity index (χ4v) is 2.86. The second kappa shape index (κ2) is 6.57. The van der Waals surface area contributed by atoms with Crippen LogP contribution in [0.1, 0.15) is 5.69 Å². The maximum Gasteiger partial charge on any atom is 0.158 e. The van der Waals surface area contributed by atoms with Gasteiger partial charge >= 0.3 is 0 Å². The molecule has 0 fully saturated rings. The Kier molecular flexibility index (Phi) is 4.51. The van der Waals surface area contributed by atoms with E-state index in [4.69, 9.17) is 16.2 Å². The molecular weight excluding hydrogens is 341 g/mol. The van der Waals surface area contributed by atoms with Gasteiger partial charge in [-0.15, -0.1) is 0 Å². The molecule has 0 amide bonds. The molecule has 0 saturated heterocycles. The Morgan fingerprint density at radius 1 is 1.26 bits per heavy atom. The molecule has 0 saturated carbocycles. The van der Waals surface area contributed by atoms with Crippen LogP contribution < -0.4 is 0 Å². The molecule has 8 heteroatoms. The van der Waals surface area contributed by atoms with Gasteiger partial charge in [0.2, 0.25) is 0 Å². The van der Waals surface area contributed by atoms with E-state index in [-0.39, 0.29) is 16.7 Å². The van der Waals surface area contributed by atoms with Crippen LogP contribution in [-0.4, -0.2) is 23.3 Å². The van der Waals surface area contributed by atoms with E-state index in [9.17, 15) is 8.60 Å². The van der Waals surface area contributed by atoms with E-state index in [1.807, 2.05) is 0 Å². The average molecular weight is 352 g/mol. The summed E-state index contributed by atoms with van der Waals surface area (Å²) in [5.41, 5.74) is 2.30. The minimum atomic E-state index is -1.94. The first-order valence-electron chi connectivity index (χ1n) is 6.56. The van der Waals surface area contributed by atoms with E-state index < -0.39 is 11.1 Å². The van der Waals surface area contributed by atoms with Crippen molar-refractivity contribution in [1.29, 1.82) is 0 Å². The number of rotatable bonds is 4. The van der Waals surface area contributed by atoms with Crippen molar-refractivity contribution in [2.24, 2.45) is 0 Å². The Morgan fingerprint density at radius 2 is 2.09 bits per heavy atom. The Hall–Kier alpha value is -2.09. The molecule has 0 aliphatic rings. The summed E-state index contributed by atoms with van der Waals surface area (Å²) in [5, 5.41) is 0.246. The van der Waals surface area contributed by atoms with Crippen LogP contribution in [0.3, 0.4) is 0 Å². The molecule has 0 spiro atoms. The van der Waals surface area contributed by atoms with Crippen LogP contribution in [0.4, 0.5) is 4.39 Å². The van der Waals surface area contributed by atoms with Crippen LogP contribution in [-0.2, 0) is 16.8 Å². The molecule has 0 aliphatic heterocycles. The van der Waals surface area contributed by atoms with E-state index >= 15 is 0 Å². The smallest absolute Gasteiger partial charge is 0.158 e. The van der Waals surface area contributed by atoms with E-state index in [2.05, 4.69) is 9.97 Å². The van der Waals surface area contributed by atoms with Gasteiger partial charge in [0.05, 0.1) is 29.0 Å². The Balaban J connectivity index is 2.03. The fourth-order valence-electron chi connectivity index (χ4n) is 2.19. The van der Waals surface area contributed by atoms with E-state index in [1.165, 1.54) is 18.5 Å². The number of pyridine rings is 1. The lowest BCUT2D eigenvalue weighted by Gasteiger charge is -2.09. The van der Waals surface area contributed by atoms with Crippen LogP contribution in [0, 0.1) is 5.82 Å². The van der Waals surface area contributed by atoms with Crippen molar-refractivity contribution in [3.63, 3.8) is 0 Å². The molecule has 23 heavy (non-hydrogen) atoms. The van der Waals surface area contributed by atoms with Gasteiger partial charge in [0.25, 0.3) is 0 Å². The highest BCUT2D eigenvalue weighted by Crippen LogP contribution is 2.29. The summed E-state index contributed by atoms with van der Waals surface area (Å²) >= 11 is 4.19. The number of imidazole rings is 1. The largest absolute Gasteiger partial charge is 0.306 e. The molecule has 0 radical (unpaired) electrons. The highest BCUT2D eigenvalue weighted by atomic mass is 35.5. The zero-order valence-electron chi connectivity index (χ0n) is 11.7. The van der Waals surface area contributed by atoms with Crippen molar-refractivity contribution in [3.05, 3.63) is 65.6 Å². The lowest BCUT2D eigenvalue weighted by molar-refractivity contribution is 0.563. The molecule has 0 aliphatic carbocycles. The number of aromatic nitrogens is 3. The summed E-state index contributed by atoms with van der Waals surface area (Å²) < 4.78 is 34.8. The van der Waals surface area contributed by atoms with Crippen LogP contribution in [0.25, 0.3) is 16.9 Å². The van der Waals surface area contributed by atoms with Gasteiger partial charge in [-0.3, -0.25) is 9.55 Å². The molecule has 118 valence electrons. The standard InChI is InChI=1S/C15H11ClFN3O2S/c16-15-14(10-2-1-3-11(17)6-10)20(9-19-15)13-5-4-12(18-7-13)8-23(21)22/h1-7,9H,8H2,(H,21,22). The normalized spacial score (nSPS) is 12.3. The lowest BCUT2D eigenvalue weighted by atomic mass is 10.1. The molecule has 1 atom stereocenters. The van der Waals surface area contributed by atoms with Crippen molar-refractivity contribution in [2.45, 2.75) is 5.75 Å². The van der Waals surface area contributed by atoms with E-state index in [0.29, 0.717) is 22.6 Å². The van der Waals surface area contributed by atoms with Gasteiger partial charge in [-0.1, -0.05) is 23.7 Å². The molecule has 5 nitrogen and oxygen atoms in total. The molecular formula is C15H11ClFN3O2S. The Labute approximate surface area is 139 Å². The quantitative estimate of drug-likeness (QED) is 0.731. The number of nitrogens with zero attached hydrogens (tertiary/aromatic N) is 3. The minimum absolute atomic E-state index is 0.0400. The summed E-state index contributed by atoms with van der Waals surface area (Å²) in [6, 6.07) is 9.43. The van der Waals surface area contributed by atoms with Gasteiger partial charge in [-0.2, -0.15) is 0 Å². The summed E-state index contributed by atoms with van der Waals surface area (Å²) in [7, 11) is 0. The third-order valence-corrected chi connectivity index (χ3v) is 4.00. The molecule has 2 aromatic heterocycles.